The molecule has 0 saturated carbocycles. The SMILES string of the molecule is CC(C)NCC(C)N1CCCC1(C)C. The molecular weight excluding hydrogens is 172 g/mol. The highest BCUT2D eigenvalue weighted by atomic mass is 15.2. The van der Waals surface area contributed by atoms with Crippen LogP contribution in [0.4, 0.5) is 0 Å². The molecule has 0 aromatic heterocycles. The van der Waals surface area contributed by atoms with Gasteiger partial charge < -0.3 is 5.32 Å². The van der Waals surface area contributed by atoms with E-state index in [1.807, 2.05) is 0 Å². The molecule has 1 heterocycles. The maximum absolute atomic E-state index is 3.52. The number of likely N-dealkylation sites (tertiary alicyclic amines) is 1. The van der Waals surface area contributed by atoms with Crippen molar-refractivity contribution in [1.82, 2.24) is 10.2 Å². The molecule has 0 amide bonds. The first kappa shape index (κ1) is 12.0. The zero-order valence-corrected chi connectivity index (χ0v) is 10.4. The highest BCUT2D eigenvalue weighted by Gasteiger charge is 2.34. The van der Waals surface area contributed by atoms with Gasteiger partial charge in [0.1, 0.15) is 0 Å². The number of nitrogens with one attached hydrogen (secondary N) is 1. The van der Waals surface area contributed by atoms with Gasteiger partial charge >= 0.3 is 0 Å². The molecule has 0 aromatic rings. The number of nitrogens with zero attached hydrogens (tertiary/aromatic N) is 1. The first-order valence-corrected chi connectivity index (χ1v) is 5.93. The second kappa shape index (κ2) is 4.63. The highest BCUT2D eigenvalue weighted by Crippen LogP contribution is 2.29. The molecule has 2 heteroatoms. The highest BCUT2D eigenvalue weighted by molar-refractivity contribution is 4.91. The van der Waals surface area contributed by atoms with Crippen molar-refractivity contribution in [2.45, 2.75) is 65.1 Å². The van der Waals surface area contributed by atoms with Gasteiger partial charge in [0.15, 0.2) is 0 Å². The molecule has 14 heavy (non-hydrogen) atoms. The van der Waals surface area contributed by atoms with Crippen molar-refractivity contribution >= 4 is 0 Å². The van der Waals surface area contributed by atoms with Crippen LogP contribution in [0.1, 0.15) is 47.5 Å². The predicted octanol–water partition coefficient (Wildman–Crippen LogP) is 2.25. The molecule has 1 N–H and O–H groups in total. The van der Waals surface area contributed by atoms with Crippen molar-refractivity contribution in [2.75, 3.05) is 13.1 Å². The van der Waals surface area contributed by atoms with Gasteiger partial charge in [-0.2, -0.15) is 0 Å². The van der Waals surface area contributed by atoms with E-state index >= 15 is 0 Å². The summed E-state index contributed by atoms with van der Waals surface area (Å²) >= 11 is 0. The third-order valence-electron chi connectivity index (χ3n) is 3.32. The van der Waals surface area contributed by atoms with Crippen LogP contribution in [0, 0.1) is 0 Å². The molecule has 2 nitrogen and oxygen atoms in total. The van der Waals surface area contributed by atoms with Crippen LogP contribution < -0.4 is 5.32 Å². The molecule has 0 radical (unpaired) electrons. The van der Waals surface area contributed by atoms with Gasteiger partial charge in [-0.1, -0.05) is 13.8 Å². The lowest BCUT2D eigenvalue weighted by atomic mass is 10.0. The monoisotopic (exact) mass is 198 g/mol. The van der Waals surface area contributed by atoms with Crippen LogP contribution in [0.15, 0.2) is 0 Å². The Morgan fingerprint density at radius 3 is 2.36 bits per heavy atom. The van der Waals surface area contributed by atoms with E-state index in [9.17, 15) is 0 Å². The fourth-order valence-electron chi connectivity index (χ4n) is 2.46. The van der Waals surface area contributed by atoms with E-state index in [2.05, 4.69) is 44.8 Å². The van der Waals surface area contributed by atoms with Gasteiger partial charge in [0.2, 0.25) is 0 Å². The average Bonchev–Trinajstić information content (AvgIpc) is 2.41. The summed E-state index contributed by atoms with van der Waals surface area (Å²) < 4.78 is 0. The maximum Gasteiger partial charge on any atom is 0.0197 e. The summed E-state index contributed by atoms with van der Waals surface area (Å²) in [5, 5.41) is 3.52. The standard InChI is InChI=1S/C12H26N2/c1-10(2)13-9-11(3)14-8-6-7-12(14,4)5/h10-11,13H,6-9H2,1-5H3. The summed E-state index contributed by atoms with van der Waals surface area (Å²) in [6, 6.07) is 1.26. The Morgan fingerprint density at radius 2 is 1.93 bits per heavy atom. The Kier molecular flexibility index (Phi) is 3.96. The van der Waals surface area contributed by atoms with Gasteiger partial charge in [-0.05, 0) is 40.2 Å². The summed E-state index contributed by atoms with van der Waals surface area (Å²) in [7, 11) is 0. The van der Waals surface area contributed by atoms with Gasteiger partial charge in [0.05, 0.1) is 0 Å². The average molecular weight is 198 g/mol. The molecule has 84 valence electrons. The second-order valence-corrected chi connectivity index (χ2v) is 5.52. The van der Waals surface area contributed by atoms with Crippen LogP contribution in [0.5, 0.6) is 0 Å². The summed E-state index contributed by atoms with van der Waals surface area (Å²) in [4.78, 5) is 2.64. The van der Waals surface area contributed by atoms with Crippen molar-refractivity contribution in [3.05, 3.63) is 0 Å². The van der Waals surface area contributed by atoms with Crippen molar-refractivity contribution in [3.63, 3.8) is 0 Å². The lowest BCUT2D eigenvalue weighted by molar-refractivity contribution is 0.122. The van der Waals surface area contributed by atoms with Crippen molar-refractivity contribution < 1.29 is 0 Å². The third-order valence-corrected chi connectivity index (χ3v) is 3.32. The fraction of sp³-hybridized carbons (Fsp3) is 1.00. The van der Waals surface area contributed by atoms with Crippen LogP contribution in [0.2, 0.25) is 0 Å². The molecule has 1 fully saturated rings. The molecule has 1 rings (SSSR count). The van der Waals surface area contributed by atoms with Gasteiger partial charge in [-0.25, -0.2) is 0 Å². The van der Waals surface area contributed by atoms with E-state index in [0.29, 0.717) is 17.6 Å². The van der Waals surface area contributed by atoms with E-state index in [4.69, 9.17) is 0 Å². The zero-order valence-electron chi connectivity index (χ0n) is 10.4. The number of hydrogen-bond acceptors (Lipinski definition) is 2. The van der Waals surface area contributed by atoms with Crippen LogP contribution in [-0.4, -0.2) is 35.6 Å². The van der Waals surface area contributed by atoms with E-state index in [1.165, 1.54) is 19.4 Å². The third kappa shape index (κ3) is 2.96. The molecule has 0 aromatic carbocycles. The summed E-state index contributed by atoms with van der Waals surface area (Å²) in [5.74, 6) is 0. The Balaban J connectivity index is 2.40. The molecule has 1 saturated heterocycles. The first-order valence-electron chi connectivity index (χ1n) is 5.93. The molecule has 1 unspecified atom stereocenters. The molecule has 0 spiro atoms. The quantitative estimate of drug-likeness (QED) is 0.745. The van der Waals surface area contributed by atoms with E-state index in [0.717, 1.165) is 6.54 Å². The van der Waals surface area contributed by atoms with Crippen LogP contribution in [-0.2, 0) is 0 Å². The summed E-state index contributed by atoms with van der Waals surface area (Å²) in [5.41, 5.74) is 0.415. The topological polar surface area (TPSA) is 15.3 Å². The molecule has 0 bridgehead atoms. The van der Waals surface area contributed by atoms with E-state index < -0.39 is 0 Å². The van der Waals surface area contributed by atoms with Gasteiger partial charge in [-0.15, -0.1) is 0 Å². The van der Waals surface area contributed by atoms with Crippen molar-refractivity contribution in [2.24, 2.45) is 0 Å². The molecule has 1 atom stereocenters. The Bertz CT molecular complexity index is 175. The normalized spacial score (nSPS) is 24.4. The summed E-state index contributed by atoms with van der Waals surface area (Å²) in [6.45, 7) is 13.9. The van der Waals surface area contributed by atoms with Crippen molar-refractivity contribution in [3.8, 4) is 0 Å². The summed E-state index contributed by atoms with van der Waals surface area (Å²) in [6.07, 6.45) is 2.71. The number of hydrogen-bond donors (Lipinski definition) is 1. The lowest BCUT2D eigenvalue weighted by Crippen LogP contribution is -2.49. The lowest BCUT2D eigenvalue weighted by Gasteiger charge is -2.37. The maximum atomic E-state index is 3.52. The smallest absolute Gasteiger partial charge is 0.0197 e. The minimum Gasteiger partial charge on any atom is -0.313 e. The zero-order chi connectivity index (χ0) is 10.8. The molecule has 0 aliphatic carbocycles. The minimum absolute atomic E-state index is 0.415. The fourth-order valence-corrected chi connectivity index (χ4v) is 2.46. The largest absolute Gasteiger partial charge is 0.313 e. The predicted molar refractivity (Wildman–Crippen MR) is 62.6 cm³/mol. The van der Waals surface area contributed by atoms with E-state index in [-0.39, 0.29) is 0 Å². The first-order chi connectivity index (χ1) is 6.43. The minimum atomic E-state index is 0.415. The van der Waals surface area contributed by atoms with Crippen LogP contribution in [0.25, 0.3) is 0 Å². The molecule has 1 aliphatic rings. The Morgan fingerprint density at radius 1 is 1.29 bits per heavy atom. The Labute approximate surface area is 89.1 Å². The molecular formula is C12H26N2. The van der Waals surface area contributed by atoms with Crippen LogP contribution >= 0.6 is 0 Å². The van der Waals surface area contributed by atoms with Gasteiger partial charge in [0.25, 0.3) is 0 Å². The molecule has 1 aliphatic heterocycles. The van der Waals surface area contributed by atoms with Crippen molar-refractivity contribution in [1.29, 1.82) is 0 Å². The second-order valence-electron chi connectivity index (χ2n) is 5.52. The van der Waals surface area contributed by atoms with Crippen LogP contribution in [0.3, 0.4) is 0 Å². The van der Waals surface area contributed by atoms with E-state index in [1.54, 1.807) is 0 Å². The Hall–Kier alpha value is -0.0800. The van der Waals surface area contributed by atoms with Gasteiger partial charge in [0, 0.05) is 24.2 Å². The van der Waals surface area contributed by atoms with Gasteiger partial charge in [-0.3, -0.25) is 4.90 Å². The number of rotatable bonds is 4.